The number of pyridine rings is 1. The zero-order chi connectivity index (χ0) is 26.7. The maximum Gasteiger partial charge on any atom is 0.280 e. The fourth-order valence-corrected chi connectivity index (χ4v) is 5.88. The van der Waals surface area contributed by atoms with Gasteiger partial charge in [0.1, 0.15) is 5.82 Å². The van der Waals surface area contributed by atoms with Gasteiger partial charge in [-0.1, -0.05) is 18.2 Å². The van der Waals surface area contributed by atoms with Crippen LogP contribution in [0.3, 0.4) is 0 Å². The van der Waals surface area contributed by atoms with Gasteiger partial charge in [-0.3, -0.25) is 14.4 Å². The Kier molecular flexibility index (Phi) is 8.46. The van der Waals surface area contributed by atoms with E-state index in [9.17, 15) is 14.4 Å². The van der Waals surface area contributed by atoms with Gasteiger partial charge in [-0.15, -0.1) is 11.3 Å². The lowest BCUT2D eigenvalue weighted by molar-refractivity contribution is -0.134. The molecule has 10 nitrogen and oxygen atoms in total. The zero-order valence-corrected chi connectivity index (χ0v) is 22.8. The van der Waals surface area contributed by atoms with Crippen molar-refractivity contribution in [2.75, 3.05) is 33.0 Å². The van der Waals surface area contributed by atoms with E-state index in [-0.39, 0.29) is 29.5 Å². The van der Waals surface area contributed by atoms with Crippen LogP contribution in [-0.2, 0) is 22.6 Å². The highest BCUT2D eigenvalue weighted by atomic mass is 35.5. The molecule has 3 amide bonds. The average Bonchev–Trinajstić information content (AvgIpc) is 3.29. The van der Waals surface area contributed by atoms with Crippen LogP contribution in [0, 0.1) is 5.92 Å². The molecular weight excluding hydrogens is 514 g/mol. The maximum absolute atomic E-state index is 13.2. The predicted octanol–water partition coefficient (Wildman–Crippen LogP) is 2.28. The molecule has 12 heteroatoms. The first kappa shape index (κ1) is 27.0. The molecule has 0 unspecified atom stereocenters. The molecule has 3 atom stereocenters. The van der Waals surface area contributed by atoms with Crippen LogP contribution in [0.4, 0.5) is 5.82 Å². The van der Waals surface area contributed by atoms with Crippen molar-refractivity contribution in [2.45, 2.75) is 44.3 Å². The van der Waals surface area contributed by atoms with Gasteiger partial charge >= 0.3 is 0 Å². The molecule has 3 N–H and O–H groups in total. The molecule has 198 valence electrons. The number of carbonyl (C=O) groups excluding carboxylic acids is 3. The monoisotopic (exact) mass is 545 g/mol. The minimum atomic E-state index is -0.442. The number of nitrogens with one attached hydrogen (secondary N) is 3. The van der Waals surface area contributed by atoms with Crippen molar-refractivity contribution in [3.63, 3.8) is 0 Å². The summed E-state index contributed by atoms with van der Waals surface area (Å²) in [5.74, 6) is -0.561. The van der Waals surface area contributed by atoms with Gasteiger partial charge in [0.15, 0.2) is 5.01 Å². The van der Waals surface area contributed by atoms with Crippen molar-refractivity contribution in [3.8, 4) is 0 Å². The molecule has 2 aromatic rings. The van der Waals surface area contributed by atoms with Crippen molar-refractivity contribution < 1.29 is 14.4 Å². The second kappa shape index (κ2) is 11.6. The van der Waals surface area contributed by atoms with Gasteiger partial charge in [0.05, 0.1) is 22.5 Å². The number of hydrogen-bond donors (Lipinski definition) is 3. The van der Waals surface area contributed by atoms with Crippen molar-refractivity contribution >= 4 is 46.5 Å². The lowest BCUT2D eigenvalue weighted by Gasteiger charge is -2.37. The minimum Gasteiger partial charge on any atom is -0.376 e. The molecule has 0 radical (unpaired) electrons. The number of hydrogen-bond acceptors (Lipinski definition) is 8. The van der Waals surface area contributed by atoms with Gasteiger partial charge < -0.3 is 25.8 Å². The van der Waals surface area contributed by atoms with Gasteiger partial charge in [-0.05, 0) is 38.4 Å². The molecule has 0 spiro atoms. The van der Waals surface area contributed by atoms with Crippen molar-refractivity contribution in [2.24, 2.45) is 5.92 Å². The van der Waals surface area contributed by atoms with E-state index in [0.717, 1.165) is 30.1 Å². The Morgan fingerprint density at radius 2 is 1.97 bits per heavy atom. The molecule has 4 rings (SSSR count). The quantitative estimate of drug-likeness (QED) is 0.457. The van der Waals surface area contributed by atoms with Crippen molar-refractivity contribution in [3.05, 3.63) is 51.2 Å². The zero-order valence-electron chi connectivity index (χ0n) is 21.2. The lowest BCUT2D eigenvalue weighted by Crippen LogP contribution is -2.55. The SMILES string of the molecule is C=C(N[C@H]1CC[C@H](C(=O)N(C)C)C[C@H]1NC(=O)c1nc2c(s1)CN(C)CC2)C(=O)Nc1ccc(Cl)cn1. The Balaban J connectivity index is 1.45. The first-order chi connectivity index (χ1) is 17.6. The Morgan fingerprint density at radius 3 is 2.68 bits per heavy atom. The standard InChI is InChI=1S/C25H32ClN7O3S/c1-14(22(34)31-21-8-6-16(26)12-27-21)28-17-7-5-15(25(36)32(2)3)11-19(17)29-23(35)24-30-18-9-10-33(4)13-20(18)37-24/h6,8,12,15,17,19,28H,1,5,7,9-11,13H2,2-4H3,(H,29,35)(H,27,31,34)/t15-,17-,19+/m0/s1. The average molecular weight is 546 g/mol. The molecule has 3 heterocycles. The molecule has 0 saturated heterocycles. The topological polar surface area (TPSA) is 120 Å². The van der Waals surface area contributed by atoms with Gasteiger partial charge in [-0.25, -0.2) is 9.97 Å². The number of likely N-dealkylation sites (N-methyl/N-ethyl adjacent to an activating group) is 1. The third kappa shape index (κ3) is 6.65. The summed E-state index contributed by atoms with van der Waals surface area (Å²) in [7, 11) is 5.51. The summed E-state index contributed by atoms with van der Waals surface area (Å²) in [6, 6.07) is 2.55. The maximum atomic E-state index is 13.2. The number of halogens is 1. The first-order valence-electron chi connectivity index (χ1n) is 12.2. The fraction of sp³-hybridized carbons (Fsp3) is 0.480. The number of rotatable bonds is 7. The number of carbonyl (C=O) groups is 3. The molecule has 0 bridgehead atoms. The van der Waals surface area contributed by atoms with Gasteiger partial charge in [-0.2, -0.15) is 0 Å². The van der Waals surface area contributed by atoms with E-state index in [1.165, 1.54) is 17.5 Å². The second-order valence-electron chi connectivity index (χ2n) is 9.74. The summed E-state index contributed by atoms with van der Waals surface area (Å²) in [4.78, 5) is 52.2. The smallest absolute Gasteiger partial charge is 0.280 e. The molecular formula is C25H32ClN7O3S. The van der Waals surface area contributed by atoms with Crippen LogP contribution in [-0.4, -0.2) is 77.3 Å². The molecule has 1 aliphatic heterocycles. The summed E-state index contributed by atoms with van der Waals surface area (Å²) < 4.78 is 0. The van der Waals surface area contributed by atoms with Crippen molar-refractivity contribution in [1.29, 1.82) is 0 Å². The molecule has 2 aliphatic rings. The number of anilines is 1. The van der Waals surface area contributed by atoms with Crippen LogP contribution >= 0.6 is 22.9 Å². The summed E-state index contributed by atoms with van der Waals surface area (Å²) in [6.07, 6.45) is 3.92. The van der Waals surface area contributed by atoms with E-state index in [4.69, 9.17) is 11.6 Å². The highest BCUT2D eigenvalue weighted by Crippen LogP contribution is 2.29. The normalized spacial score (nSPS) is 21.5. The van der Waals surface area contributed by atoms with Crippen LogP contribution in [0.1, 0.15) is 39.6 Å². The van der Waals surface area contributed by atoms with Gasteiger partial charge in [0, 0.05) is 56.6 Å². The third-order valence-electron chi connectivity index (χ3n) is 6.68. The molecule has 37 heavy (non-hydrogen) atoms. The number of nitrogens with zero attached hydrogens (tertiary/aromatic N) is 4. The van der Waals surface area contributed by atoms with Crippen molar-refractivity contribution in [1.82, 2.24) is 30.4 Å². The highest BCUT2D eigenvalue weighted by Gasteiger charge is 2.37. The molecule has 1 fully saturated rings. The summed E-state index contributed by atoms with van der Waals surface area (Å²) >= 11 is 7.27. The molecule has 2 aromatic heterocycles. The Hall–Kier alpha value is -3.02. The van der Waals surface area contributed by atoms with E-state index in [1.807, 2.05) is 0 Å². The Bertz CT molecular complexity index is 1180. The van der Waals surface area contributed by atoms with Crippen LogP contribution in [0.5, 0.6) is 0 Å². The third-order valence-corrected chi connectivity index (χ3v) is 7.98. The van der Waals surface area contributed by atoms with Gasteiger partial charge in [0.25, 0.3) is 11.8 Å². The minimum absolute atomic E-state index is 0.0239. The largest absolute Gasteiger partial charge is 0.376 e. The van der Waals surface area contributed by atoms with Crippen LogP contribution in [0.15, 0.2) is 30.6 Å². The molecule has 1 aliphatic carbocycles. The van der Waals surface area contributed by atoms with Crippen LogP contribution < -0.4 is 16.0 Å². The fourth-order valence-electron chi connectivity index (χ4n) is 4.67. The van der Waals surface area contributed by atoms with Crippen LogP contribution in [0.25, 0.3) is 0 Å². The number of amides is 3. The predicted molar refractivity (Wildman–Crippen MR) is 143 cm³/mol. The molecule has 0 aromatic carbocycles. The highest BCUT2D eigenvalue weighted by molar-refractivity contribution is 7.13. The lowest BCUT2D eigenvalue weighted by atomic mass is 9.81. The van der Waals surface area contributed by atoms with E-state index < -0.39 is 11.9 Å². The number of fused-ring (bicyclic) bond motifs is 1. The first-order valence-corrected chi connectivity index (χ1v) is 13.4. The van der Waals surface area contributed by atoms with E-state index >= 15 is 0 Å². The Morgan fingerprint density at radius 1 is 1.19 bits per heavy atom. The number of thiazole rings is 1. The summed E-state index contributed by atoms with van der Waals surface area (Å²) in [6.45, 7) is 5.58. The van der Waals surface area contributed by atoms with E-state index in [2.05, 4.69) is 44.4 Å². The summed E-state index contributed by atoms with van der Waals surface area (Å²) in [5.41, 5.74) is 1.12. The second-order valence-corrected chi connectivity index (χ2v) is 11.3. The van der Waals surface area contributed by atoms with E-state index in [1.54, 1.807) is 31.1 Å². The molecule has 1 saturated carbocycles. The number of aromatic nitrogens is 2. The summed E-state index contributed by atoms with van der Waals surface area (Å²) in [5, 5.41) is 9.84. The Labute approximate surface area is 225 Å². The van der Waals surface area contributed by atoms with Gasteiger partial charge in [0.2, 0.25) is 5.91 Å². The van der Waals surface area contributed by atoms with Crippen LogP contribution in [0.2, 0.25) is 5.02 Å². The van der Waals surface area contributed by atoms with E-state index in [0.29, 0.717) is 35.1 Å².